The van der Waals surface area contributed by atoms with Crippen molar-refractivity contribution in [2.75, 3.05) is 24.6 Å². The molecule has 0 heterocycles. The molecule has 0 saturated heterocycles. The number of amides is 1. The first kappa shape index (κ1) is 20.2. The molecule has 0 aliphatic carbocycles. The van der Waals surface area contributed by atoms with E-state index < -0.39 is 15.9 Å². The molecule has 0 aliphatic rings. The van der Waals surface area contributed by atoms with Gasteiger partial charge in [-0.25, -0.2) is 8.42 Å². The molecule has 0 fully saturated rings. The zero-order valence-corrected chi connectivity index (χ0v) is 16.1. The molecular weight excluding hydrogens is 376 g/mol. The molecule has 1 N–H and O–H groups in total. The highest BCUT2D eigenvalue weighted by Gasteiger charge is 2.27. The molecule has 0 saturated carbocycles. The van der Waals surface area contributed by atoms with E-state index in [1.807, 2.05) is 0 Å². The van der Waals surface area contributed by atoms with E-state index in [-0.39, 0.29) is 17.5 Å². The van der Waals surface area contributed by atoms with Crippen molar-refractivity contribution < 1.29 is 17.9 Å². The molecule has 0 radical (unpaired) electrons. The number of halogens is 1. The van der Waals surface area contributed by atoms with Gasteiger partial charge in [-0.05, 0) is 43.3 Å². The number of anilines is 1. The molecule has 1 amide bonds. The average molecular weight is 397 g/mol. The molecular formula is C18H21ClN2O4S. The topological polar surface area (TPSA) is 75.7 Å². The summed E-state index contributed by atoms with van der Waals surface area (Å²) in [6.45, 7) is 1.75. The Bertz CT molecular complexity index is 826. The van der Waals surface area contributed by atoms with Gasteiger partial charge in [-0.15, -0.1) is 0 Å². The van der Waals surface area contributed by atoms with E-state index >= 15 is 0 Å². The quantitative estimate of drug-likeness (QED) is 0.744. The standard InChI is InChI=1S/C18H21ClN2O4S/c1-14(13-25-2)20-18(22)12-21(16-10-8-15(19)9-11-16)26(23,24)17-6-4-3-5-7-17/h3-11,14H,12-13H2,1-2H3,(H,20,22)/t14-/m1/s1. The SMILES string of the molecule is COC[C@@H](C)NC(=O)CN(c1ccc(Cl)cc1)S(=O)(=O)c1ccccc1. The van der Waals surface area contributed by atoms with E-state index in [0.717, 1.165) is 4.31 Å². The lowest BCUT2D eigenvalue weighted by Gasteiger charge is -2.25. The third-order valence-corrected chi connectivity index (χ3v) is 5.60. The third-order valence-electron chi connectivity index (χ3n) is 3.56. The van der Waals surface area contributed by atoms with Gasteiger partial charge in [0.05, 0.1) is 17.2 Å². The Kier molecular flexibility index (Phi) is 7.02. The van der Waals surface area contributed by atoms with Crippen LogP contribution < -0.4 is 9.62 Å². The molecule has 0 unspecified atom stereocenters. The number of benzene rings is 2. The summed E-state index contributed by atoms with van der Waals surface area (Å²) in [4.78, 5) is 12.5. The van der Waals surface area contributed by atoms with Crippen molar-refractivity contribution in [3.8, 4) is 0 Å². The molecule has 0 aromatic heterocycles. The number of ether oxygens (including phenoxy) is 1. The van der Waals surface area contributed by atoms with Crippen LogP contribution in [0.15, 0.2) is 59.5 Å². The van der Waals surface area contributed by atoms with Gasteiger partial charge in [0.2, 0.25) is 5.91 Å². The number of nitrogens with zero attached hydrogens (tertiary/aromatic N) is 1. The molecule has 2 rings (SSSR count). The average Bonchev–Trinajstić information content (AvgIpc) is 2.61. The van der Waals surface area contributed by atoms with E-state index in [0.29, 0.717) is 17.3 Å². The fourth-order valence-corrected chi connectivity index (χ4v) is 3.95. The van der Waals surface area contributed by atoms with Crippen molar-refractivity contribution in [2.24, 2.45) is 0 Å². The summed E-state index contributed by atoms with van der Waals surface area (Å²) in [7, 11) is -2.38. The van der Waals surface area contributed by atoms with Crippen molar-refractivity contribution in [3.63, 3.8) is 0 Å². The van der Waals surface area contributed by atoms with E-state index in [9.17, 15) is 13.2 Å². The smallest absolute Gasteiger partial charge is 0.264 e. The number of hydrogen-bond acceptors (Lipinski definition) is 4. The Morgan fingerprint density at radius 1 is 1.15 bits per heavy atom. The number of nitrogens with one attached hydrogen (secondary N) is 1. The van der Waals surface area contributed by atoms with Crippen LogP contribution in [0.4, 0.5) is 5.69 Å². The Balaban J connectivity index is 2.34. The summed E-state index contributed by atoms with van der Waals surface area (Å²) in [5, 5.41) is 3.20. The normalized spacial score (nSPS) is 12.4. The fraction of sp³-hybridized carbons (Fsp3) is 0.278. The maximum absolute atomic E-state index is 13.1. The summed E-state index contributed by atoms with van der Waals surface area (Å²) in [6.07, 6.45) is 0. The van der Waals surface area contributed by atoms with Crippen LogP contribution in [-0.2, 0) is 19.6 Å². The summed E-state index contributed by atoms with van der Waals surface area (Å²) in [6, 6.07) is 14.0. The van der Waals surface area contributed by atoms with Gasteiger partial charge in [0.1, 0.15) is 6.54 Å². The Hall–Kier alpha value is -2.09. The van der Waals surface area contributed by atoms with Crippen molar-refractivity contribution >= 4 is 33.2 Å². The zero-order chi connectivity index (χ0) is 19.2. The van der Waals surface area contributed by atoms with E-state index in [2.05, 4.69) is 5.32 Å². The minimum Gasteiger partial charge on any atom is -0.383 e. The van der Waals surface area contributed by atoms with Crippen LogP contribution in [0.3, 0.4) is 0 Å². The highest BCUT2D eigenvalue weighted by molar-refractivity contribution is 7.92. The molecule has 0 spiro atoms. The minimum absolute atomic E-state index is 0.104. The lowest BCUT2D eigenvalue weighted by atomic mass is 10.3. The molecule has 2 aromatic carbocycles. The first-order chi connectivity index (χ1) is 12.3. The van der Waals surface area contributed by atoms with E-state index in [1.165, 1.54) is 19.2 Å². The number of methoxy groups -OCH3 is 1. The first-order valence-corrected chi connectivity index (χ1v) is 9.78. The predicted octanol–water partition coefficient (Wildman–Crippen LogP) is 2.69. The largest absolute Gasteiger partial charge is 0.383 e. The minimum atomic E-state index is -3.91. The van der Waals surface area contributed by atoms with Crippen LogP contribution in [0, 0.1) is 0 Å². The highest BCUT2D eigenvalue weighted by Crippen LogP contribution is 2.24. The van der Waals surface area contributed by atoms with Crippen molar-refractivity contribution in [3.05, 3.63) is 59.6 Å². The number of carbonyl (C=O) groups excluding carboxylic acids is 1. The second kappa shape index (κ2) is 9.02. The van der Waals surface area contributed by atoms with E-state index in [1.54, 1.807) is 49.4 Å². The number of sulfonamides is 1. The summed E-state index contributed by atoms with van der Waals surface area (Å²) in [5.74, 6) is -0.427. The van der Waals surface area contributed by atoms with Gasteiger partial charge in [0, 0.05) is 18.2 Å². The van der Waals surface area contributed by atoms with Gasteiger partial charge in [0.15, 0.2) is 0 Å². The van der Waals surface area contributed by atoms with Gasteiger partial charge < -0.3 is 10.1 Å². The van der Waals surface area contributed by atoms with Gasteiger partial charge >= 0.3 is 0 Å². The van der Waals surface area contributed by atoms with Crippen LogP contribution in [0.25, 0.3) is 0 Å². The Morgan fingerprint density at radius 2 is 1.77 bits per heavy atom. The molecule has 0 aliphatic heterocycles. The molecule has 8 heteroatoms. The van der Waals surface area contributed by atoms with Crippen LogP contribution in [0.2, 0.25) is 5.02 Å². The van der Waals surface area contributed by atoms with Gasteiger partial charge in [-0.2, -0.15) is 0 Å². The maximum Gasteiger partial charge on any atom is 0.264 e. The number of carbonyl (C=O) groups is 1. The first-order valence-electron chi connectivity index (χ1n) is 7.96. The third kappa shape index (κ3) is 5.20. The van der Waals surface area contributed by atoms with Crippen LogP contribution in [0.5, 0.6) is 0 Å². The maximum atomic E-state index is 13.1. The zero-order valence-electron chi connectivity index (χ0n) is 14.6. The van der Waals surface area contributed by atoms with Crippen molar-refractivity contribution in [1.82, 2.24) is 5.32 Å². The molecule has 6 nitrogen and oxygen atoms in total. The van der Waals surface area contributed by atoms with Crippen LogP contribution in [-0.4, -0.2) is 40.6 Å². The summed E-state index contributed by atoms with van der Waals surface area (Å²) < 4.78 is 32.2. The monoisotopic (exact) mass is 396 g/mol. The molecule has 0 bridgehead atoms. The summed E-state index contributed by atoms with van der Waals surface area (Å²) in [5.41, 5.74) is 0.354. The van der Waals surface area contributed by atoms with Crippen molar-refractivity contribution in [2.45, 2.75) is 17.9 Å². The lowest BCUT2D eigenvalue weighted by Crippen LogP contribution is -2.44. The van der Waals surface area contributed by atoms with E-state index in [4.69, 9.17) is 16.3 Å². The number of rotatable bonds is 8. The van der Waals surface area contributed by atoms with Crippen LogP contribution >= 0.6 is 11.6 Å². The predicted molar refractivity (Wildman–Crippen MR) is 102 cm³/mol. The summed E-state index contributed by atoms with van der Waals surface area (Å²) >= 11 is 5.90. The van der Waals surface area contributed by atoms with Gasteiger partial charge in [0.25, 0.3) is 10.0 Å². The van der Waals surface area contributed by atoms with Crippen LogP contribution in [0.1, 0.15) is 6.92 Å². The lowest BCUT2D eigenvalue weighted by molar-refractivity contribution is -0.120. The molecule has 140 valence electrons. The Morgan fingerprint density at radius 3 is 2.35 bits per heavy atom. The highest BCUT2D eigenvalue weighted by atomic mass is 35.5. The van der Waals surface area contributed by atoms with Gasteiger partial charge in [-0.1, -0.05) is 29.8 Å². The molecule has 26 heavy (non-hydrogen) atoms. The fourth-order valence-electron chi connectivity index (χ4n) is 2.38. The second-order valence-electron chi connectivity index (χ2n) is 5.73. The molecule has 1 atom stereocenters. The van der Waals surface area contributed by atoms with Gasteiger partial charge in [-0.3, -0.25) is 9.10 Å². The number of hydrogen-bond donors (Lipinski definition) is 1. The molecule has 2 aromatic rings. The van der Waals surface area contributed by atoms with Crippen molar-refractivity contribution in [1.29, 1.82) is 0 Å². The Labute approximate surface area is 158 Å². The second-order valence-corrected chi connectivity index (χ2v) is 8.02.